The van der Waals surface area contributed by atoms with Crippen LogP contribution in [0.2, 0.25) is 0 Å². The average molecular weight is 342 g/mol. The first kappa shape index (κ1) is 14.1. The van der Waals surface area contributed by atoms with Crippen LogP contribution in [0.3, 0.4) is 0 Å². The van der Waals surface area contributed by atoms with Gasteiger partial charge >= 0.3 is 0 Å². The fourth-order valence-electron chi connectivity index (χ4n) is 4.12. The molecule has 0 bridgehead atoms. The average Bonchev–Trinajstić information content (AvgIpc) is 2.77. The number of fused-ring (bicyclic) bond motifs is 1. The van der Waals surface area contributed by atoms with Gasteiger partial charge in [0, 0.05) is 10.9 Å². The van der Waals surface area contributed by atoms with E-state index in [0.29, 0.717) is 5.92 Å². The Labute approximate surface area is 129 Å². The number of halogens is 1. The fourth-order valence-corrected chi connectivity index (χ4v) is 5.78. The maximum Gasteiger partial charge on any atom is 0.0731 e. The van der Waals surface area contributed by atoms with Crippen LogP contribution in [0.25, 0.3) is 0 Å². The van der Waals surface area contributed by atoms with Crippen molar-refractivity contribution in [1.29, 1.82) is 0 Å². The zero-order chi connectivity index (χ0) is 13.4. The van der Waals surface area contributed by atoms with Gasteiger partial charge in [-0.2, -0.15) is 0 Å². The summed E-state index contributed by atoms with van der Waals surface area (Å²) in [5, 5.41) is 0. The van der Waals surface area contributed by atoms with Gasteiger partial charge < -0.3 is 5.73 Å². The number of aryl methyl sites for hydroxylation is 1. The molecule has 2 fully saturated rings. The van der Waals surface area contributed by atoms with E-state index in [1.807, 2.05) is 11.3 Å². The lowest BCUT2D eigenvalue weighted by atomic mass is 9.66. The van der Waals surface area contributed by atoms with Crippen molar-refractivity contribution in [2.75, 3.05) is 0 Å². The summed E-state index contributed by atoms with van der Waals surface area (Å²) in [5.41, 5.74) is 7.90. The van der Waals surface area contributed by atoms with E-state index in [1.54, 1.807) is 0 Å². The van der Waals surface area contributed by atoms with Gasteiger partial charge in [-0.05, 0) is 71.5 Å². The van der Waals surface area contributed by atoms with Crippen molar-refractivity contribution in [3.05, 3.63) is 20.3 Å². The van der Waals surface area contributed by atoms with E-state index in [9.17, 15) is 0 Å². The van der Waals surface area contributed by atoms with Crippen LogP contribution in [-0.2, 0) is 0 Å². The van der Waals surface area contributed by atoms with Crippen LogP contribution < -0.4 is 5.73 Å². The summed E-state index contributed by atoms with van der Waals surface area (Å²) in [5.74, 6) is 2.71. The first-order valence-corrected chi connectivity index (χ1v) is 9.27. The van der Waals surface area contributed by atoms with Crippen molar-refractivity contribution in [3.8, 4) is 0 Å². The van der Waals surface area contributed by atoms with Gasteiger partial charge in [-0.3, -0.25) is 0 Å². The number of thiophene rings is 1. The van der Waals surface area contributed by atoms with Crippen LogP contribution in [0.5, 0.6) is 0 Å². The SMILES string of the molecule is Cc1cc(C(N)C2CCC3CCCCC3C2)sc1Br. The van der Waals surface area contributed by atoms with Crippen molar-refractivity contribution in [2.45, 2.75) is 57.9 Å². The van der Waals surface area contributed by atoms with Gasteiger partial charge in [-0.15, -0.1) is 11.3 Å². The molecule has 0 amide bonds. The third-order valence-corrected chi connectivity index (χ3v) is 7.53. The molecule has 19 heavy (non-hydrogen) atoms. The molecule has 2 saturated carbocycles. The van der Waals surface area contributed by atoms with Crippen molar-refractivity contribution in [2.24, 2.45) is 23.5 Å². The lowest BCUT2D eigenvalue weighted by Gasteiger charge is -2.41. The Morgan fingerprint density at radius 1 is 1.21 bits per heavy atom. The Bertz CT molecular complexity index is 422. The van der Waals surface area contributed by atoms with E-state index in [1.165, 1.54) is 59.2 Å². The highest BCUT2D eigenvalue weighted by molar-refractivity contribution is 9.11. The number of rotatable bonds is 2. The largest absolute Gasteiger partial charge is 0.323 e. The molecule has 1 nitrogen and oxygen atoms in total. The Morgan fingerprint density at radius 2 is 1.95 bits per heavy atom. The summed E-state index contributed by atoms with van der Waals surface area (Å²) in [6.07, 6.45) is 10.0. The molecule has 106 valence electrons. The van der Waals surface area contributed by atoms with Gasteiger partial charge in [-0.1, -0.05) is 25.7 Å². The predicted molar refractivity (Wildman–Crippen MR) is 86.5 cm³/mol. The van der Waals surface area contributed by atoms with Crippen molar-refractivity contribution < 1.29 is 0 Å². The second kappa shape index (κ2) is 5.87. The summed E-state index contributed by atoms with van der Waals surface area (Å²) >= 11 is 5.46. The maximum atomic E-state index is 6.56. The Morgan fingerprint density at radius 3 is 2.63 bits per heavy atom. The van der Waals surface area contributed by atoms with Crippen molar-refractivity contribution >= 4 is 27.3 Å². The zero-order valence-corrected chi connectivity index (χ0v) is 14.1. The third kappa shape index (κ3) is 2.93. The number of nitrogens with two attached hydrogens (primary N) is 1. The number of hydrogen-bond donors (Lipinski definition) is 1. The summed E-state index contributed by atoms with van der Waals surface area (Å²) < 4.78 is 1.25. The highest BCUT2D eigenvalue weighted by atomic mass is 79.9. The van der Waals surface area contributed by atoms with E-state index in [2.05, 4.69) is 28.9 Å². The number of hydrogen-bond acceptors (Lipinski definition) is 2. The smallest absolute Gasteiger partial charge is 0.0731 e. The summed E-state index contributed by atoms with van der Waals surface area (Å²) in [6, 6.07) is 2.55. The highest BCUT2D eigenvalue weighted by Crippen LogP contribution is 2.46. The fraction of sp³-hybridized carbons (Fsp3) is 0.750. The van der Waals surface area contributed by atoms with Crippen LogP contribution in [-0.4, -0.2) is 0 Å². The van der Waals surface area contributed by atoms with Gasteiger partial charge in [-0.25, -0.2) is 0 Å². The molecule has 0 saturated heterocycles. The molecular formula is C16H24BrNS. The van der Waals surface area contributed by atoms with E-state index in [0.717, 1.165) is 11.8 Å². The van der Waals surface area contributed by atoms with E-state index in [4.69, 9.17) is 5.73 Å². The molecule has 0 aliphatic heterocycles. The first-order chi connectivity index (χ1) is 9.15. The van der Waals surface area contributed by atoms with Gasteiger partial charge in [0.1, 0.15) is 0 Å². The second-order valence-corrected chi connectivity index (χ2v) is 8.91. The zero-order valence-electron chi connectivity index (χ0n) is 11.7. The Hall–Kier alpha value is 0.140. The molecule has 0 spiro atoms. The van der Waals surface area contributed by atoms with Gasteiger partial charge in [0.15, 0.2) is 0 Å². The molecule has 1 heterocycles. The predicted octanol–water partition coefficient (Wildman–Crippen LogP) is 5.43. The molecule has 4 unspecified atom stereocenters. The van der Waals surface area contributed by atoms with Crippen molar-refractivity contribution in [1.82, 2.24) is 0 Å². The first-order valence-electron chi connectivity index (χ1n) is 7.66. The minimum absolute atomic E-state index is 0.262. The summed E-state index contributed by atoms with van der Waals surface area (Å²) in [7, 11) is 0. The maximum absolute atomic E-state index is 6.56. The molecule has 1 aromatic heterocycles. The van der Waals surface area contributed by atoms with Crippen molar-refractivity contribution in [3.63, 3.8) is 0 Å². The molecule has 4 atom stereocenters. The quantitative estimate of drug-likeness (QED) is 0.762. The molecule has 3 heteroatoms. The highest BCUT2D eigenvalue weighted by Gasteiger charge is 2.35. The lowest BCUT2D eigenvalue weighted by Crippen LogP contribution is -2.32. The third-order valence-electron chi connectivity index (χ3n) is 5.29. The van der Waals surface area contributed by atoms with Crippen LogP contribution >= 0.6 is 27.3 Å². The van der Waals surface area contributed by atoms with Gasteiger partial charge in [0.2, 0.25) is 0 Å². The Balaban J connectivity index is 1.68. The molecule has 2 N–H and O–H groups in total. The van der Waals surface area contributed by atoms with Gasteiger partial charge in [0.05, 0.1) is 3.79 Å². The normalized spacial score (nSPS) is 32.9. The minimum Gasteiger partial charge on any atom is -0.323 e. The molecule has 0 radical (unpaired) electrons. The van der Waals surface area contributed by atoms with Gasteiger partial charge in [0.25, 0.3) is 0 Å². The topological polar surface area (TPSA) is 26.0 Å². The minimum atomic E-state index is 0.262. The monoisotopic (exact) mass is 341 g/mol. The van der Waals surface area contributed by atoms with Crippen LogP contribution in [0, 0.1) is 24.7 Å². The summed E-state index contributed by atoms with van der Waals surface area (Å²) in [6.45, 7) is 2.16. The second-order valence-electron chi connectivity index (χ2n) is 6.51. The van der Waals surface area contributed by atoms with E-state index in [-0.39, 0.29) is 6.04 Å². The molecule has 0 aromatic carbocycles. The van der Waals surface area contributed by atoms with Crippen LogP contribution in [0.1, 0.15) is 61.4 Å². The molecular weight excluding hydrogens is 318 g/mol. The molecule has 3 rings (SSSR count). The van der Waals surface area contributed by atoms with Crippen LogP contribution in [0.4, 0.5) is 0 Å². The van der Waals surface area contributed by atoms with E-state index < -0.39 is 0 Å². The van der Waals surface area contributed by atoms with E-state index >= 15 is 0 Å². The summed E-state index contributed by atoms with van der Waals surface area (Å²) in [4.78, 5) is 1.38. The molecule has 1 aromatic rings. The Kier molecular flexibility index (Phi) is 4.35. The standard InChI is InChI=1S/C16H24BrNS/c1-10-8-14(19-16(10)17)15(18)13-7-6-11-4-2-3-5-12(11)9-13/h8,11-13,15H,2-7,9,18H2,1H3. The van der Waals surface area contributed by atoms with Crippen LogP contribution in [0.15, 0.2) is 9.85 Å². The molecule has 2 aliphatic rings. The lowest BCUT2D eigenvalue weighted by molar-refractivity contribution is 0.118. The molecule has 2 aliphatic carbocycles.